The molecule has 2 aromatic heterocycles. The lowest BCUT2D eigenvalue weighted by molar-refractivity contribution is 0.351. The number of rotatable bonds is 6. The molecule has 0 spiro atoms. The van der Waals surface area contributed by atoms with Crippen LogP contribution in [0.1, 0.15) is 55.5 Å². The van der Waals surface area contributed by atoms with Gasteiger partial charge in [0.25, 0.3) is 0 Å². The Bertz CT molecular complexity index is 1460. The summed E-state index contributed by atoms with van der Waals surface area (Å²) in [6.07, 6.45) is 9.54. The Morgan fingerprint density at radius 1 is 0.895 bits per heavy atom. The van der Waals surface area contributed by atoms with Crippen molar-refractivity contribution in [3.05, 3.63) is 77.0 Å². The highest BCUT2D eigenvalue weighted by Gasteiger charge is 2.38. The summed E-state index contributed by atoms with van der Waals surface area (Å²) in [6, 6.07) is 12.3. The van der Waals surface area contributed by atoms with E-state index >= 15 is 0 Å². The number of pyridine rings is 1. The van der Waals surface area contributed by atoms with Gasteiger partial charge in [0.2, 0.25) is 5.88 Å². The molecule has 1 aromatic carbocycles. The van der Waals surface area contributed by atoms with Gasteiger partial charge in [0.05, 0.1) is 19.9 Å². The van der Waals surface area contributed by atoms with Crippen molar-refractivity contribution in [2.75, 3.05) is 32.2 Å². The predicted octanol–water partition coefficient (Wildman–Crippen LogP) is 5.87. The molecule has 4 heterocycles. The Kier molecular flexibility index (Phi) is 6.22. The molecule has 1 aliphatic carbocycles. The first-order chi connectivity index (χ1) is 18.5. The fourth-order valence-corrected chi connectivity index (χ4v) is 5.83. The lowest BCUT2D eigenvalue weighted by atomic mass is 9.74. The highest BCUT2D eigenvalue weighted by molar-refractivity contribution is 6.03. The molecule has 7 heteroatoms. The summed E-state index contributed by atoms with van der Waals surface area (Å²) >= 11 is 0. The number of aromatic nitrogens is 3. The summed E-state index contributed by atoms with van der Waals surface area (Å²) in [5, 5.41) is 0. The summed E-state index contributed by atoms with van der Waals surface area (Å²) in [6.45, 7) is 6.41. The molecule has 0 unspecified atom stereocenters. The Hall–Kier alpha value is -4.00. The number of benzene rings is 1. The van der Waals surface area contributed by atoms with Gasteiger partial charge in [0, 0.05) is 60.6 Å². The maximum absolute atomic E-state index is 5.33. The zero-order valence-electron chi connectivity index (χ0n) is 22.5. The van der Waals surface area contributed by atoms with Crippen molar-refractivity contribution in [2.24, 2.45) is 10.4 Å². The average Bonchev–Trinajstić information content (AvgIpc) is 3.58. The highest BCUT2D eigenvalue weighted by atomic mass is 16.5. The van der Waals surface area contributed by atoms with Gasteiger partial charge >= 0.3 is 0 Å². The number of hydrogen-bond acceptors (Lipinski definition) is 7. The lowest BCUT2D eigenvalue weighted by Gasteiger charge is -2.40. The van der Waals surface area contributed by atoms with Crippen molar-refractivity contribution in [3.8, 4) is 11.6 Å². The van der Waals surface area contributed by atoms with Crippen LogP contribution in [-0.2, 0) is 6.42 Å². The van der Waals surface area contributed by atoms with Crippen LogP contribution in [0.3, 0.4) is 0 Å². The second-order valence-corrected chi connectivity index (χ2v) is 10.6. The molecular weight excluding hydrogens is 474 g/mol. The molecule has 0 atom stereocenters. The van der Waals surface area contributed by atoms with Crippen LogP contribution < -0.4 is 14.4 Å². The topological polar surface area (TPSA) is 72.7 Å². The molecule has 0 amide bonds. The molecule has 1 fully saturated rings. The molecule has 194 valence electrons. The Morgan fingerprint density at radius 2 is 1.68 bits per heavy atom. The monoisotopic (exact) mass is 507 g/mol. The second kappa shape index (κ2) is 9.71. The van der Waals surface area contributed by atoms with E-state index in [9.17, 15) is 0 Å². The van der Waals surface area contributed by atoms with E-state index in [0.29, 0.717) is 5.88 Å². The van der Waals surface area contributed by atoms with Crippen LogP contribution >= 0.6 is 0 Å². The number of nitrogens with zero attached hydrogens (tertiary/aromatic N) is 5. The number of piperidine rings is 1. The number of hydrogen-bond donors (Lipinski definition) is 0. The SMILES string of the molecule is COc1ccc(C2=C(C)N=C(C3(C)CCN(c4ncnc5c4C=C(c4ccnc(OC)c4)C5)CC3)C2)cc1. The van der Waals surface area contributed by atoms with Gasteiger partial charge in [-0.3, -0.25) is 4.99 Å². The first-order valence-corrected chi connectivity index (χ1v) is 13.2. The van der Waals surface area contributed by atoms with Crippen LogP contribution in [0.2, 0.25) is 0 Å². The van der Waals surface area contributed by atoms with Gasteiger partial charge < -0.3 is 14.4 Å². The summed E-state index contributed by atoms with van der Waals surface area (Å²) in [4.78, 5) is 21.1. The van der Waals surface area contributed by atoms with E-state index in [-0.39, 0.29) is 5.41 Å². The third-order valence-electron chi connectivity index (χ3n) is 8.32. The van der Waals surface area contributed by atoms with Crippen molar-refractivity contribution in [2.45, 2.75) is 39.5 Å². The Morgan fingerprint density at radius 3 is 2.42 bits per heavy atom. The van der Waals surface area contributed by atoms with E-state index < -0.39 is 0 Å². The molecule has 0 saturated carbocycles. The zero-order chi connectivity index (χ0) is 26.3. The third kappa shape index (κ3) is 4.36. The summed E-state index contributed by atoms with van der Waals surface area (Å²) in [5.74, 6) is 2.54. The number of anilines is 1. The molecule has 3 aromatic rings. The zero-order valence-corrected chi connectivity index (χ0v) is 22.5. The maximum atomic E-state index is 5.33. The largest absolute Gasteiger partial charge is 0.497 e. The molecule has 38 heavy (non-hydrogen) atoms. The predicted molar refractivity (Wildman–Crippen MR) is 152 cm³/mol. The quantitative estimate of drug-likeness (QED) is 0.416. The first-order valence-electron chi connectivity index (χ1n) is 13.2. The molecule has 0 N–H and O–H groups in total. The number of fused-ring (bicyclic) bond motifs is 1. The third-order valence-corrected chi connectivity index (χ3v) is 8.32. The van der Waals surface area contributed by atoms with Gasteiger partial charge in [0.1, 0.15) is 17.9 Å². The van der Waals surface area contributed by atoms with E-state index in [0.717, 1.165) is 72.9 Å². The first kappa shape index (κ1) is 24.3. The molecular formula is C31H33N5O2. The molecule has 6 rings (SSSR count). The van der Waals surface area contributed by atoms with Crippen molar-refractivity contribution >= 4 is 28.8 Å². The van der Waals surface area contributed by atoms with Crippen LogP contribution in [0.25, 0.3) is 17.2 Å². The van der Waals surface area contributed by atoms with Crippen LogP contribution in [0.5, 0.6) is 11.6 Å². The van der Waals surface area contributed by atoms with E-state index in [4.69, 9.17) is 19.5 Å². The fraction of sp³-hybridized carbons (Fsp3) is 0.355. The lowest BCUT2D eigenvalue weighted by Crippen LogP contribution is -2.43. The molecule has 0 radical (unpaired) electrons. The number of methoxy groups -OCH3 is 2. The molecule has 0 bridgehead atoms. The molecule has 7 nitrogen and oxygen atoms in total. The van der Waals surface area contributed by atoms with E-state index in [1.54, 1.807) is 26.7 Å². The summed E-state index contributed by atoms with van der Waals surface area (Å²) in [5.41, 5.74) is 9.63. The standard InChI is InChI=1S/C31H33N5O2/c1-20-25(21-5-7-24(37-3)8-6-21)18-28(35-20)31(2)10-13-36(14-11-31)30-26-15-23(16-27(26)33-19-34-30)22-9-12-32-29(17-22)38-4/h5-9,12,15,17,19H,10-11,13-14,16,18H2,1-4H3. The Labute approximate surface area is 224 Å². The number of allylic oxidation sites excluding steroid dienone is 3. The van der Waals surface area contributed by atoms with E-state index in [2.05, 4.69) is 46.9 Å². The highest BCUT2D eigenvalue weighted by Crippen LogP contribution is 2.43. The van der Waals surface area contributed by atoms with Crippen LogP contribution in [0.15, 0.2) is 59.6 Å². The van der Waals surface area contributed by atoms with Crippen molar-refractivity contribution in [1.29, 1.82) is 0 Å². The van der Waals surface area contributed by atoms with Gasteiger partial charge in [-0.05, 0) is 66.3 Å². The Balaban J connectivity index is 1.17. The van der Waals surface area contributed by atoms with Gasteiger partial charge in [-0.25, -0.2) is 15.0 Å². The summed E-state index contributed by atoms with van der Waals surface area (Å²) in [7, 11) is 3.35. The van der Waals surface area contributed by atoms with Crippen LogP contribution in [0.4, 0.5) is 5.82 Å². The minimum atomic E-state index is 0.0801. The van der Waals surface area contributed by atoms with E-state index in [1.165, 1.54) is 22.4 Å². The maximum Gasteiger partial charge on any atom is 0.213 e. The number of ether oxygens (including phenoxy) is 2. The number of aliphatic imine (C=N–C) groups is 1. The summed E-state index contributed by atoms with van der Waals surface area (Å²) < 4.78 is 10.7. The van der Waals surface area contributed by atoms with Gasteiger partial charge in [-0.15, -0.1) is 0 Å². The minimum absolute atomic E-state index is 0.0801. The van der Waals surface area contributed by atoms with Crippen molar-refractivity contribution in [1.82, 2.24) is 15.0 Å². The van der Waals surface area contributed by atoms with Gasteiger partial charge in [-0.1, -0.05) is 19.1 Å². The van der Waals surface area contributed by atoms with E-state index in [1.807, 2.05) is 24.3 Å². The normalized spacial score (nSPS) is 18.3. The molecule has 2 aliphatic heterocycles. The van der Waals surface area contributed by atoms with Gasteiger partial charge in [0.15, 0.2) is 0 Å². The average molecular weight is 508 g/mol. The minimum Gasteiger partial charge on any atom is -0.497 e. The smallest absolute Gasteiger partial charge is 0.213 e. The molecule has 3 aliphatic rings. The van der Waals surface area contributed by atoms with Crippen molar-refractivity contribution in [3.63, 3.8) is 0 Å². The fourth-order valence-electron chi connectivity index (χ4n) is 5.83. The van der Waals surface area contributed by atoms with Crippen LogP contribution in [0, 0.1) is 5.41 Å². The van der Waals surface area contributed by atoms with Crippen LogP contribution in [-0.4, -0.2) is 48.0 Å². The molecule has 1 saturated heterocycles. The van der Waals surface area contributed by atoms with Crippen molar-refractivity contribution < 1.29 is 9.47 Å². The second-order valence-electron chi connectivity index (χ2n) is 10.6. The van der Waals surface area contributed by atoms with Gasteiger partial charge in [-0.2, -0.15) is 0 Å².